The van der Waals surface area contributed by atoms with E-state index in [4.69, 9.17) is 4.98 Å². The average Bonchev–Trinajstić information content (AvgIpc) is 3.48. The molecule has 1 aromatic carbocycles. The Hall–Kier alpha value is -3.94. The number of aromatic amines is 1. The molecule has 0 aliphatic heterocycles. The number of aromatic nitrogens is 6. The van der Waals surface area contributed by atoms with Crippen molar-refractivity contribution in [3.05, 3.63) is 70.0 Å². The van der Waals surface area contributed by atoms with Gasteiger partial charge >= 0.3 is 0 Å². The number of nitrogens with one attached hydrogen (secondary N) is 2. The van der Waals surface area contributed by atoms with Crippen molar-refractivity contribution in [2.45, 2.75) is 40.3 Å². The summed E-state index contributed by atoms with van der Waals surface area (Å²) in [7, 11) is 1.82. The molecule has 4 heterocycles. The normalized spacial score (nSPS) is 12.5. The first-order chi connectivity index (χ1) is 15.9. The molecule has 33 heavy (non-hydrogen) atoms. The number of pyridine rings is 2. The van der Waals surface area contributed by atoms with Gasteiger partial charge in [-0.1, -0.05) is 6.07 Å². The molecule has 0 spiro atoms. The standard InChI is InChI=1S/C25H27N7O/c1-6-32-24-20(13-28-32)22-18(9-14(2)10-19(22)25(33)31(24)5)16(4)30-21-8-7-15(3)29-23(21)17-11-26-27-12-17/h7-13,16,30H,6H2,1-5H3,(H,26,27). The second-order valence-corrected chi connectivity index (χ2v) is 8.54. The molecule has 1 unspecified atom stereocenters. The second kappa shape index (κ2) is 7.88. The number of fused-ring (bicyclic) bond motifs is 3. The number of H-pyrrole nitrogens is 1. The highest BCUT2D eigenvalue weighted by atomic mass is 16.1. The van der Waals surface area contributed by atoms with Crippen LogP contribution in [-0.2, 0) is 13.6 Å². The zero-order valence-corrected chi connectivity index (χ0v) is 19.5. The van der Waals surface area contributed by atoms with Gasteiger partial charge in [0.2, 0.25) is 0 Å². The van der Waals surface area contributed by atoms with Gasteiger partial charge in [0.1, 0.15) is 5.65 Å². The van der Waals surface area contributed by atoms with Gasteiger partial charge in [-0.05, 0) is 57.0 Å². The minimum atomic E-state index is -0.0807. The molecule has 0 bridgehead atoms. The van der Waals surface area contributed by atoms with Crippen LogP contribution in [0.4, 0.5) is 5.69 Å². The van der Waals surface area contributed by atoms with E-state index in [0.717, 1.165) is 50.2 Å². The highest BCUT2D eigenvalue weighted by Gasteiger charge is 2.20. The molecule has 4 aromatic heterocycles. The predicted molar refractivity (Wildman–Crippen MR) is 131 cm³/mol. The second-order valence-electron chi connectivity index (χ2n) is 8.54. The van der Waals surface area contributed by atoms with Crippen LogP contribution < -0.4 is 10.9 Å². The van der Waals surface area contributed by atoms with Gasteiger partial charge in [-0.25, -0.2) is 4.68 Å². The van der Waals surface area contributed by atoms with Gasteiger partial charge < -0.3 is 5.32 Å². The fourth-order valence-electron chi connectivity index (χ4n) is 4.63. The molecule has 5 aromatic rings. The van der Waals surface area contributed by atoms with Crippen LogP contribution in [0.25, 0.3) is 33.1 Å². The first kappa shape index (κ1) is 20.9. The molecule has 2 N–H and O–H groups in total. The maximum absolute atomic E-state index is 13.3. The van der Waals surface area contributed by atoms with Crippen molar-refractivity contribution in [1.82, 2.24) is 29.5 Å². The number of anilines is 1. The van der Waals surface area contributed by atoms with E-state index in [9.17, 15) is 4.79 Å². The van der Waals surface area contributed by atoms with Gasteiger partial charge in [0.15, 0.2) is 0 Å². The van der Waals surface area contributed by atoms with Crippen molar-refractivity contribution in [3.63, 3.8) is 0 Å². The Kier molecular flexibility index (Phi) is 5.00. The summed E-state index contributed by atoms with van der Waals surface area (Å²) in [6.07, 6.45) is 5.48. The SMILES string of the molecule is CCn1ncc2c3c(C(C)Nc4ccc(C)nc4-c4cn[nH]c4)cc(C)cc3c(=O)n(C)c21. The Bertz CT molecular complexity index is 1540. The first-order valence-electron chi connectivity index (χ1n) is 11.1. The summed E-state index contributed by atoms with van der Waals surface area (Å²) in [6, 6.07) is 8.08. The lowest BCUT2D eigenvalue weighted by molar-refractivity contribution is 0.659. The zero-order chi connectivity index (χ0) is 23.3. The number of hydrogen-bond donors (Lipinski definition) is 2. The van der Waals surface area contributed by atoms with Gasteiger partial charge in [-0.3, -0.25) is 19.4 Å². The molecule has 0 amide bonds. The van der Waals surface area contributed by atoms with E-state index in [0.29, 0.717) is 11.9 Å². The predicted octanol–water partition coefficient (Wildman–Crippen LogP) is 4.48. The molecule has 0 saturated heterocycles. The monoisotopic (exact) mass is 441 g/mol. The lowest BCUT2D eigenvalue weighted by Gasteiger charge is -2.21. The molecule has 8 heteroatoms. The van der Waals surface area contributed by atoms with Crippen LogP contribution in [0.5, 0.6) is 0 Å². The van der Waals surface area contributed by atoms with Crippen molar-refractivity contribution in [2.24, 2.45) is 7.05 Å². The summed E-state index contributed by atoms with van der Waals surface area (Å²) < 4.78 is 3.58. The summed E-state index contributed by atoms with van der Waals surface area (Å²) in [5, 5.41) is 17.8. The lowest BCUT2D eigenvalue weighted by atomic mass is 9.95. The molecule has 0 fully saturated rings. The summed E-state index contributed by atoms with van der Waals surface area (Å²) in [5.41, 5.74) is 6.53. The van der Waals surface area contributed by atoms with E-state index in [-0.39, 0.29) is 11.6 Å². The first-order valence-corrected chi connectivity index (χ1v) is 11.1. The Labute approximate surface area is 191 Å². The third-order valence-electron chi connectivity index (χ3n) is 6.19. The van der Waals surface area contributed by atoms with Crippen LogP contribution in [0.1, 0.15) is 36.7 Å². The van der Waals surface area contributed by atoms with E-state index >= 15 is 0 Å². The number of hydrogen-bond acceptors (Lipinski definition) is 5. The highest BCUT2D eigenvalue weighted by molar-refractivity contribution is 6.07. The molecule has 0 aliphatic rings. The van der Waals surface area contributed by atoms with Crippen LogP contribution in [0, 0.1) is 13.8 Å². The molecule has 0 aliphatic carbocycles. The van der Waals surface area contributed by atoms with E-state index in [1.807, 2.05) is 63.1 Å². The highest BCUT2D eigenvalue weighted by Crippen LogP contribution is 2.34. The molecule has 168 valence electrons. The van der Waals surface area contributed by atoms with Gasteiger partial charge in [0.25, 0.3) is 5.56 Å². The van der Waals surface area contributed by atoms with Gasteiger partial charge in [-0.2, -0.15) is 10.2 Å². The molecule has 5 rings (SSSR count). The Morgan fingerprint density at radius 1 is 1.15 bits per heavy atom. The van der Waals surface area contributed by atoms with Gasteiger partial charge in [0.05, 0.1) is 23.8 Å². The van der Waals surface area contributed by atoms with Crippen LogP contribution in [0.2, 0.25) is 0 Å². The lowest BCUT2D eigenvalue weighted by Crippen LogP contribution is -2.20. The van der Waals surface area contributed by atoms with E-state index in [1.54, 1.807) is 10.8 Å². The number of nitrogens with zero attached hydrogens (tertiary/aromatic N) is 5. The average molecular weight is 442 g/mol. The van der Waals surface area contributed by atoms with Crippen molar-refractivity contribution in [2.75, 3.05) is 5.32 Å². The molecule has 1 atom stereocenters. The fraction of sp³-hybridized carbons (Fsp3) is 0.280. The molecule has 0 radical (unpaired) electrons. The minimum Gasteiger partial charge on any atom is -0.377 e. The van der Waals surface area contributed by atoms with E-state index < -0.39 is 0 Å². The maximum Gasteiger partial charge on any atom is 0.259 e. The Morgan fingerprint density at radius 3 is 2.70 bits per heavy atom. The topological polar surface area (TPSA) is 93.4 Å². The fourth-order valence-corrected chi connectivity index (χ4v) is 4.63. The summed E-state index contributed by atoms with van der Waals surface area (Å²) >= 11 is 0. The van der Waals surface area contributed by atoms with Crippen LogP contribution in [0.3, 0.4) is 0 Å². The van der Waals surface area contributed by atoms with Crippen molar-refractivity contribution in [1.29, 1.82) is 0 Å². The largest absolute Gasteiger partial charge is 0.377 e. The maximum atomic E-state index is 13.3. The summed E-state index contributed by atoms with van der Waals surface area (Å²) in [4.78, 5) is 18.1. The van der Waals surface area contributed by atoms with E-state index in [1.165, 1.54) is 0 Å². The number of rotatable bonds is 5. The molecular formula is C25H27N7O. The third kappa shape index (κ3) is 3.38. The van der Waals surface area contributed by atoms with Crippen LogP contribution >= 0.6 is 0 Å². The zero-order valence-electron chi connectivity index (χ0n) is 19.5. The molecule has 0 saturated carbocycles. The van der Waals surface area contributed by atoms with Crippen LogP contribution in [-0.4, -0.2) is 29.5 Å². The number of aryl methyl sites for hydroxylation is 4. The van der Waals surface area contributed by atoms with E-state index in [2.05, 4.69) is 33.6 Å². The third-order valence-corrected chi connectivity index (χ3v) is 6.19. The minimum absolute atomic E-state index is 0.0130. The Balaban J connectivity index is 1.71. The summed E-state index contributed by atoms with van der Waals surface area (Å²) in [6.45, 7) is 8.84. The molecular weight excluding hydrogens is 414 g/mol. The van der Waals surface area contributed by atoms with Gasteiger partial charge in [0, 0.05) is 53.2 Å². The van der Waals surface area contributed by atoms with Crippen molar-refractivity contribution >= 4 is 27.5 Å². The van der Waals surface area contributed by atoms with Crippen LogP contribution in [0.15, 0.2) is 47.7 Å². The molecule has 8 nitrogen and oxygen atoms in total. The van der Waals surface area contributed by atoms with Crippen molar-refractivity contribution < 1.29 is 0 Å². The quantitative estimate of drug-likeness (QED) is 0.419. The summed E-state index contributed by atoms with van der Waals surface area (Å²) in [5.74, 6) is 0. The number of benzene rings is 1. The van der Waals surface area contributed by atoms with Gasteiger partial charge in [-0.15, -0.1) is 0 Å². The smallest absolute Gasteiger partial charge is 0.259 e. The van der Waals surface area contributed by atoms with Crippen molar-refractivity contribution in [3.8, 4) is 11.3 Å². The Morgan fingerprint density at radius 2 is 1.97 bits per heavy atom.